The maximum atomic E-state index is 5.37. The van der Waals surface area contributed by atoms with Crippen LogP contribution in [0.1, 0.15) is 5.56 Å². The van der Waals surface area contributed by atoms with Crippen molar-refractivity contribution in [2.24, 2.45) is 5.84 Å². The normalized spacial score (nSPS) is 10.1. The summed E-state index contributed by atoms with van der Waals surface area (Å²) in [5.74, 6) is 6.79. The van der Waals surface area contributed by atoms with E-state index < -0.39 is 0 Å². The van der Waals surface area contributed by atoms with Crippen LogP contribution >= 0.6 is 11.8 Å². The number of nitrogens with one attached hydrogen (secondary N) is 1. The van der Waals surface area contributed by atoms with Crippen LogP contribution in [0.2, 0.25) is 0 Å². The van der Waals surface area contributed by atoms with E-state index >= 15 is 0 Å². The first kappa shape index (κ1) is 10.8. The minimum atomic E-state index is 0.686. The first-order chi connectivity index (χ1) is 7.90. The molecule has 3 N–H and O–H groups in total. The zero-order valence-electron chi connectivity index (χ0n) is 8.50. The van der Waals surface area contributed by atoms with Gasteiger partial charge in [-0.3, -0.25) is 0 Å². The van der Waals surface area contributed by atoms with Crippen molar-refractivity contribution in [3.8, 4) is 0 Å². The Morgan fingerprint density at radius 1 is 1.12 bits per heavy atom. The summed E-state index contributed by atoms with van der Waals surface area (Å²) < 4.78 is 0. The minimum absolute atomic E-state index is 0.686. The van der Waals surface area contributed by atoms with Crippen molar-refractivity contribution in [2.75, 3.05) is 5.43 Å². The molecule has 0 aliphatic rings. The van der Waals surface area contributed by atoms with Crippen LogP contribution < -0.4 is 11.3 Å². The summed E-state index contributed by atoms with van der Waals surface area (Å²) in [5, 5.41) is 0.745. The van der Waals surface area contributed by atoms with Gasteiger partial charge in [-0.1, -0.05) is 17.8 Å². The first-order valence-corrected chi connectivity index (χ1v) is 5.69. The predicted octanol–water partition coefficient (Wildman–Crippen LogP) is 1.45. The smallest absolute Gasteiger partial charge is 0.187 e. The van der Waals surface area contributed by atoms with Gasteiger partial charge >= 0.3 is 0 Å². The fraction of sp³-hybridized carbons (Fsp3) is 0.100. The number of thioether (sulfide) groups is 1. The second kappa shape index (κ2) is 5.43. The second-order valence-electron chi connectivity index (χ2n) is 2.98. The standard InChI is InChI=1S/C10H11N5S/c11-15-9-8(3-1-4-12-9)7-16-10-13-5-2-6-14-10/h1-6H,7,11H2,(H,12,15). The average Bonchev–Trinajstić information content (AvgIpc) is 2.38. The number of anilines is 1. The summed E-state index contributed by atoms with van der Waals surface area (Å²) >= 11 is 1.55. The Morgan fingerprint density at radius 2 is 1.88 bits per heavy atom. The number of nitrogens with two attached hydrogens (primary N) is 1. The van der Waals surface area contributed by atoms with Crippen LogP contribution in [0.3, 0.4) is 0 Å². The third kappa shape index (κ3) is 2.68. The number of hydrazine groups is 1. The van der Waals surface area contributed by atoms with E-state index in [9.17, 15) is 0 Å². The van der Waals surface area contributed by atoms with Gasteiger partial charge in [0.05, 0.1) is 0 Å². The van der Waals surface area contributed by atoms with Crippen molar-refractivity contribution in [3.63, 3.8) is 0 Å². The van der Waals surface area contributed by atoms with E-state index in [-0.39, 0.29) is 0 Å². The highest BCUT2D eigenvalue weighted by atomic mass is 32.2. The van der Waals surface area contributed by atoms with Crippen LogP contribution in [0.15, 0.2) is 41.9 Å². The highest BCUT2D eigenvalue weighted by molar-refractivity contribution is 7.98. The van der Waals surface area contributed by atoms with Gasteiger partial charge in [-0.05, 0) is 12.1 Å². The highest BCUT2D eigenvalue weighted by Crippen LogP contribution is 2.21. The molecular weight excluding hydrogens is 222 g/mol. The molecule has 0 spiro atoms. The molecule has 0 atom stereocenters. The Labute approximate surface area is 97.5 Å². The fourth-order valence-corrected chi connectivity index (χ4v) is 1.98. The van der Waals surface area contributed by atoms with Crippen LogP contribution in [0.5, 0.6) is 0 Å². The Hall–Kier alpha value is -1.66. The lowest BCUT2D eigenvalue weighted by Crippen LogP contribution is -2.10. The van der Waals surface area contributed by atoms with Crippen LogP contribution in [0, 0.1) is 0 Å². The van der Waals surface area contributed by atoms with E-state index in [0.717, 1.165) is 16.5 Å². The summed E-state index contributed by atoms with van der Waals surface area (Å²) in [5.41, 5.74) is 3.60. The molecule has 0 fully saturated rings. The van der Waals surface area contributed by atoms with Crippen LogP contribution in [0.4, 0.5) is 5.82 Å². The van der Waals surface area contributed by atoms with E-state index in [4.69, 9.17) is 5.84 Å². The van der Waals surface area contributed by atoms with Crippen molar-refractivity contribution in [2.45, 2.75) is 10.9 Å². The largest absolute Gasteiger partial charge is 0.308 e. The lowest BCUT2D eigenvalue weighted by Gasteiger charge is -2.05. The zero-order valence-corrected chi connectivity index (χ0v) is 9.31. The Kier molecular flexibility index (Phi) is 3.68. The first-order valence-electron chi connectivity index (χ1n) is 4.70. The Morgan fingerprint density at radius 3 is 2.62 bits per heavy atom. The van der Waals surface area contributed by atoms with Gasteiger partial charge < -0.3 is 5.43 Å². The number of nitrogen functional groups attached to an aromatic ring is 1. The molecule has 0 saturated carbocycles. The molecule has 2 aromatic heterocycles. The molecule has 82 valence electrons. The zero-order chi connectivity index (χ0) is 11.2. The molecule has 2 rings (SSSR count). The van der Waals surface area contributed by atoms with Crippen molar-refractivity contribution in [1.29, 1.82) is 0 Å². The molecule has 0 unspecified atom stereocenters. The number of aromatic nitrogens is 3. The molecule has 2 aromatic rings. The summed E-state index contributed by atoms with van der Waals surface area (Å²) in [6.07, 6.45) is 5.14. The quantitative estimate of drug-likeness (QED) is 0.360. The predicted molar refractivity (Wildman–Crippen MR) is 63.6 cm³/mol. The fourth-order valence-electron chi connectivity index (χ4n) is 1.19. The molecule has 6 heteroatoms. The number of rotatable bonds is 4. The monoisotopic (exact) mass is 233 g/mol. The van der Waals surface area contributed by atoms with E-state index in [0.29, 0.717) is 5.82 Å². The van der Waals surface area contributed by atoms with Gasteiger partial charge in [0.25, 0.3) is 0 Å². The average molecular weight is 233 g/mol. The van der Waals surface area contributed by atoms with Gasteiger partial charge in [-0.15, -0.1) is 0 Å². The minimum Gasteiger partial charge on any atom is -0.308 e. The summed E-state index contributed by atoms with van der Waals surface area (Å²) in [6.45, 7) is 0. The SMILES string of the molecule is NNc1ncccc1CSc1ncccn1. The third-order valence-electron chi connectivity index (χ3n) is 1.93. The van der Waals surface area contributed by atoms with E-state index in [1.165, 1.54) is 0 Å². The molecular formula is C10H11N5S. The molecule has 0 amide bonds. The molecule has 2 heterocycles. The van der Waals surface area contributed by atoms with Gasteiger partial charge in [-0.2, -0.15) is 0 Å². The van der Waals surface area contributed by atoms with Gasteiger partial charge in [0, 0.05) is 29.9 Å². The van der Waals surface area contributed by atoms with Crippen molar-refractivity contribution in [1.82, 2.24) is 15.0 Å². The Balaban J connectivity index is 2.05. The topological polar surface area (TPSA) is 76.7 Å². The van der Waals surface area contributed by atoms with E-state index in [2.05, 4.69) is 20.4 Å². The van der Waals surface area contributed by atoms with E-state index in [1.54, 1.807) is 36.4 Å². The number of hydrogen-bond donors (Lipinski definition) is 2. The highest BCUT2D eigenvalue weighted by Gasteiger charge is 2.03. The van der Waals surface area contributed by atoms with Crippen LogP contribution in [-0.4, -0.2) is 15.0 Å². The molecule has 0 aliphatic heterocycles. The molecule has 0 aromatic carbocycles. The summed E-state index contributed by atoms with van der Waals surface area (Å²) in [7, 11) is 0. The third-order valence-corrected chi connectivity index (χ3v) is 2.85. The summed E-state index contributed by atoms with van der Waals surface area (Å²) in [6, 6.07) is 5.64. The van der Waals surface area contributed by atoms with Gasteiger partial charge in [0.2, 0.25) is 0 Å². The van der Waals surface area contributed by atoms with Crippen LogP contribution in [-0.2, 0) is 5.75 Å². The molecule has 0 bridgehead atoms. The van der Waals surface area contributed by atoms with E-state index in [1.807, 2.05) is 12.1 Å². The Bertz CT molecular complexity index is 448. The number of nitrogens with zero attached hydrogens (tertiary/aromatic N) is 3. The molecule has 16 heavy (non-hydrogen) atoms. The summed E-state index contributed by atoms with van der Waals surface area (Å²) in [4.78, 5) is 12.4. The van der Waals surface area contributed by atoms with Crippen molar-refractivity contribution < 1.29 is 0 Å². The van der Waals surface area contributed by atoms with Crippen molar-refractivity contribution >= 4 is 17.6 Å². The number of pyridine rings is 1. The van der Waals surface area contributed by atoms with Gasteiger partial charge in [-0.25, -0.2) is 20.8 Å². The second-order valence-corrected chi connectivity index (χ2v) is 3.92. The molecule has 0 saturated heterocycles. The lowest BCUT2D eigenvalue weighted by molar-refractivity contribution is 0.966. The maximum absolute atomic E-state index is 5.37. The van der Waals surface area contributed by atoms with Gasteiger partial charge in [0.15, 0.2) is 5.16 Å². The molecule has 0 aliphatic carbocycles. The molecule has 5 nitrogen and oxygen atoms in total. The molecule has 0 radical (unpaired) electrons. The van der Waals surface area contributed by atoms with Crippen molar-refractivity contribution in [3.05, 3.63) is 42.4 Å². The maximum Gasteiger partial charge on any atom is 0.187 e. The lowest BCUT2D eigenvalue weighted by atomic mass is 10.3. The number of hydrogen-bond acceptors (Lipinski definition) is 6. The van der Waals surface area contributed by atoms with Crippen LogP contribution in [0.25, 0.3) is 0 Å². The van der Waals surface area contributed by atoms with Gasteiger partial charge in [0.1, 0.15) is 5.82 Å².